The maximum absolute atomic E-state index is 12.3. The number of ketones is 1. The SMILES string of the molecule is Cc1ccc(C(=O)CCC(=O)NCc2cccc(NC(=O)C(C)C)c2)cc1C. The number of carbonyl (C=O) groups excluding carboxylic acids is 3. The Morgan fingerprint density at radius 3 is 2.36 bits per heavy atom. The van der Waals surface area contributed by atoms with Gasteiger partial charge in [0, 0.05) is 36.6 Å². The van der Waals surface area contributed by atoms with Crippen molar-refractivity contribution in [3.63, 3.8) is 0 Å². The lowest BCUT2D eigenvalue weighted by Gasteiger charge is -2.10. The molecule has 0 saturated heterocycles. The number of amides is 2. The molecule has 2 aromatic rings. The van der Waals surface area contributed by atoms with Crippen LogP contribution in [0.5, 0.6) is 0 Å². The van der Waals surface area contributed by atoms with E-state index in [0.29, 0.717) is 17.8 Å². The molecule has 28 heavy (non-hydrogen) atoms. The monoisotopic (exact) mass is 380 g/mol. The predicted molar refractivity (Wildman–Crippen MR) is 111 cm³/mol. The van der Waals surface area contributed by atoms with E-state index in [1.165, 1.54) is 0 Å². The molecular formula is C23H28N2O3. The molecule has 0 aliphatic rings. The van der Waals surface area contributed by atoms with E-state index in [-0.39, 0.29) is 36.4 Å². The maximum atomic E-state index is 12.3. The number of hydrogen-bond donors (Lipinski definition) is 2. The average molecular weight is 380 g/mol. The van der Waals surface area contributed by atoms with Gasteiger partial charge in [-0.15, -0.1) is 0 Å². The Bertz CT molecular complexity index is 872. The topological polar surface area (TPSA) is 75.3 Å². The van der Waals surface area contributed by atoms with E-state index >= 15 is 0 Å². The van der Waals surface area contributed by atoms with Crippen LogP contribution in [0, 0.1) is 19.8 Å². The first-order chi connectivity index (χ1) is 13.3. The van der Waals surface area contributed by atoms with Crippen molar-refractivity contribution in [3.8, 4) is 0 Å². The van der Waals surface area contributed by atoms with Crippen LogP contribution < -0.4 is 10.6 Å². The number of Topliss-reactive ketones (excluding diaryl/α,β-unsaturated/α-hetero) is 1. The fraction of sp³-hybridized carbons (Fsp3) is 0.348. The Labute approximate surface area is 166 Å². The summed E-state index contributed by atoms with van der Waals surface area (Å²) in [5.41, 5.74) is 4.44. The highest BCUT2D eigenvalue weighted by Gasteiger charge is 2.11. The van der Waals surface area contributed by atoms with Crippen molar-refractivity contribution in [2.24, 2.45) is 5.92 Å². The lowest BCUT2D eigenvalue weighted by Crippen LogP contribution is -2.23. The van der Waals surface area contributed by atoms with Gasteiger partial charge in [0.15, 0.2) is 5.78 Å². The van der Waals surface area contributed by atoms with Gasteiger partial charge in [-0.3, -0.25) is 14.4 Å². The normalized spacial score (nSPS) is 10.6. The van der Waals surface area contributed by atoms with E-state index < -0.39 is 0 Å². The Hall–Kier alpha value is -2.95. The molecule has 0 unspecified atom stereocenters. The van der Waals surface area contributed by atoms with Crippen LogP contribution in [0.15, 0.2) is 42.5 Å². The summed E-state index contributed by atoms with van der Waals surface area (Å²) in [6.07, 6.45) is 0.328. The van der Waals surface area contributed by atoms with E-state index in [1.54, 1.807) is 6.07 Å². The van der Waals surface area contributed by atoms with Crippen molar-refractivity contribution in [1.29, 1.82) is 0 Å². The summed E-state index contributed by atoms with van der Waals surface area (Å²) in [5.74, 6) is -0.352. The summed E-state index contributed by atoms with van der Waals surface area (Å²) in [7, 11) is 0. The molecule has 2 N–H and O–H groups in total. The van der Waals surface area contributed by atoms with Crippen LogP contribution in [0.1, 0.15) is 53.7 Å². The van der Waals surface area contributed by atoms with Gasteiger partial charge in [0.25, 0.3) is 0 Å². The summed E-state index contributed by atoms with van der Waals surface area (Å²) < 4.78 is 0. The van der Waals surface area contributed by atoms with Crippen molar-refractivity contribution in [2.45, 2.75) is 47.1 Å². The number of anilines is 1. The fourth-order valence-corrected chi connectivity index (χ4v) is 2.62. The van der Waals surface area contributed by atoms with Gasteiger partial charge in [0.1, 0.15) is 0 Å². The molecule has 0 aliphatic heterocycles. The number of benzene rings is 2. The summed E-state index contributed by atoms with van der Waals surface area (Å²) >= 11 is 0. The highest BCUT2D eigenvalue weighted by atomic mass is 16.2. The van der Waals surface area contributed by atoms with E-state index in [2.05, 4.69) is 10.6 Å². The zero-order valence-corrected chi connectivity index (χ0v) is 17.0. The minimum atomic E-state index is -0.172. The standard InChI is InChI=1S/C23H28N2O3/c1-15(2)23(28)25-20-7-5-6-18(13-20)14-24-22(27)11-10-21(26)19-9-8-16(3)17(4)12-19/h5-9,12-13,15H,10-11,14H2,1-4H3,(H,24,27)(H,25,28). The number of aryl methyl sites for hydroxylation is 2. The van der Waals surface area contributed by atoms with Gasteiger partial charge in [0.2, 0.25) is 11.8 Å². The first-order valence-electron chi connectivity index (χ1n) is 9.53. The smallest absolute Gasteiger partial charge is 0.226 e. The molecule has 148 valence electrons. The first kappa shape index (κ1) is 21.4. The van der Waals surface area contributed by atoms with Gasteiger partial charge in [-0.1, -0.05) is 38.1 Å². The Kier molecular flexibility index (Phi) is 7.50. The molecule has 0 aromatic heterocycles. The van der Waals surface area contributed by atoms with Crippen LogP contribution in [-0.2, 0) is 16.1 Å². The molecule has 0 spiro atoms. The van der Waals surface area contributed by atoms with Crippen molar-refractivity contribution in [3.05, 3.63) is 64.7 Å². The van der Waals surface area contributed by atoms with Crippen LogP contribution in [0.3, 0.4) is 0 Å². The molecule has 2 amide bonds. The van der Waals surface area contributed by atoms with Gasteiger partial charge in [-0.25, -0.2) is 0 Å². The minimum absolute atomic E-state index is 0.0309. The zero-order chi connectivity index (χ0) is 20.7. The minimum Gasteiger partial charge on any atom is -0.352 e. The van der Waals surface area contributed by atoms with Gasteiger partial charge in [-0.05, 0) is 48.7 Å². The third kappa shape index (κ3) is 6.34. The molecule has 2 rings (SSSR count). The lowest BCUT2D eigenvalue weighted by atomic mass is 10.0. The third-order valence-electron chi connectivity index (χ3n) is 4.62. The molecule has 0 heterocycles. The van der Waals surface area contributed by atoms with E-state index in [0.717, 1.165) is 16.7 Å². The van der Waals surface area contributed by atoms with Crippen LogP contribution >= 0.6 is 0 Å². The fourth-order valence-electron chi connectivity index (χ4n) is 2.62. The summed E-state index contributed by atoms with van der Waals surface area (Å²) in [4.78, 5) is 36.1. The van der Waals surface area contributed by atoms with Gasteiger partial charge >= 0.3 is 0 Å². The molecule has 0 bridgehead atoms. The highest BCUT2D eigenvalue weighted by molar-refractivity contribution is 5.98. The second kappa shape index (κ2) is 9.83. The molecule has 0 atom stereocenters. The summed E-state index contributed by atoms with van der Waals surface area (Å²) in [6.45, 7) is 7.98. The van der Waals surface area contributed by atoms with Gasteiger partial charge < -0.3 is 10.6 Å². The van der Waals surface area contributed by atoms with Crippen LogP contribution in [0.25, 0.3) is 0 Å². The Balaban J connectivity index is 1.83. The number of rotatable bonds is 8. The Morgan fingerprint density at radius 2 is 1.68 bits per heavy atom. The second-order valence-electron chi connectivity index (χ2n) is 7.34. The molecular weight excluding hydrogens is 352 g/mol. The van der Waals surface area contributed by atoms with Crippen molar-refractivity contribution in [2.75, 3.05) is 5.32 Å². The lowest BCUT2D eigenvalue weighted by molar-refractivity contribution is -0.121. The van der Waals surface area contributed by atoms with E-state index in [9.17, 15) is 14.4 Å². The van der Waals surface area contributed by atoms with Crippen molar-refractivity contribution < 1.29 is 14.4 Å². The number of nitrogens with one attached hydrogen (secondary N) is 2. The van der Waals surface area contributed by atoms with Crippen LogP contribution in [0.4, 0.5) is 5.69 Å². The van der Waals surface area contributed by atoms with E-state index in [1.807, 2.05) is 64.1 Å². The number of hydrogen-bond acceptors (Lipinski definition) is 3. The van der Waals surface area contributed by atoms with Gasteiger partial charge in [-0.2, -0.15) is 0 Å². The van der Waals surface area contributed by atoms with Crippen molar-refractivity contribution >= 4 is 23.3 Å². The Morgan fingerprint density at radius 1 is 0.929 bits per heavy atom. The third-order valence-corrected chi connectivity index (χ3v) is 4.62. The van der Waals surface area contributed by atoms with Crippen LogP contribution in [0.2, 0.25) is 0 Å². The summed E-state index contributed by atoms with van der Waals surface area (Å²) in [6, 6.07) is 13.0. The first-order valence-corrected chi connectivity index (χ1v) is 9.53. The number of carbonyl (C=O) groups is 3. The van der Waals surface area contributed by atoms with E-state index in [4.69, 9.17) is 0 Å². The van der Waals surface area contributed by atoms with Crippen LogP contribution in [-0.4, -0.2) is 17.6 Å². The summed E-state index contributed by atoms with van der Waals surface area (Å²) in [5, 5.41) is 5.67. The van der Waals surface area contributed by atoms with Crippen molar-refractivity contribution in [1.82, 2.24) is 5.32 Å². The molecule has 0 saturated carbocycles. The largest absolute Gasteiger partial charge is 0.352 e. The maximum Gasteiger partial charge on any atom is 0.226 e. The highest BCUT2D eigenvalue weighted by Crippen LogP contribution is 2.14. The average Bonchev–Trinajstić information content (AvgIpc) is 2.66. The predicted octanol–water partition coefficient (Wildman–Crippen LogP) is 4.18. The zero-order valence-electron chi connectivity index (χ0n) is 17.0. The molecule has 0 radical (unpaired) electrons. The molecule has 5 nitrogen and oxygen atoms in total. The van der Waals surface area contributed by atoms with Gasteiger partial charge in [0.05, 0.1) is 0 Å². The molecule has 5 heteroatoms. The molecule has 0 aliphatic carbocycles. The quantitative estimate of drug-likeness (QED) is 0.675. The second-order valence-corrected chi connectivity index (χ2v) is 7.34. The molecule has 2 aromatic carbocycles. The molecule has 0 fully saturated rings.